The molecule has 0 radical (unpaired) electrons. The number of hydrogen-bond donors (Lipinski definition) is 0. The van der Waals surface area contributed by atoms with Crippen LogP contribution >= 0.6 is 0 Å². The summed E-state index contributed by atoms with van der Waals surface area (Å²) in [6.07, 6.45) is 5.62. The largest absolute Gasteiger partial charge is 0.481 e. The second-order valence-electron chi connectivity index (χ2n) is 7.05. The van der Waals surface area contributed by atoms with E-state index in [0.29, 0.717) is 17.4 Å². The van der Waals surface area contributed by atoms with Gasteiger partial charge in [-0.1, -0.05) is 6.42 Å². The number of rotatable bonds is 4. The standard InChI is InChI=1S/C20H27N3O2/c1-16(25-19-7-5-17(15-21)6-8-19)20(24)23-13-9-18(10-14-23)22-11-3-2-4-12-22/h5-8,16,18H,2-4,9-14H2,1H3/t16-/m1/s1. The fourth-order valence-electron chi connectivity index (χ4n) is 3.85. The summed E-state index contributed by atoms with van der Waals surface area (Å²) in [5, 5.41) is 8.83. The van der Waals surface area contributed by atoms with Crippen molar-refractivity contribution >= 4 is 5.91 Å². The maximum Gasteiger partial charge on any atom is 0.263 e. The van der Waals surface area contributed by atoms with E-state index in [-0.39, 0.29) is 5.91 Å². The number of carbonyl (C=O) groups is 1. The van der Waals surface area contributed by atoms with Crippen molar-refractivity contribution in [2.45, 2.75) is 51.2 Å². The zero-order valence-corrected chi connectivity index (χ0v) is 15.0. The Kier molecular flexibility index (Phi) is 5.93. The van der Waals surface area contributed by atoms with Crippen LogP contribution in [0.15, 0.2) is 24.3 Å². The van der Waals surface area contributed by atoms with E-state index in [2.05, 4.69) is 11.0 Å². The van der Waals surface area contributed by atoms with E-state index in [1.165, 1.54) is 32.4 Å². The van der Waals surface area contributed by atoms with Crippen molar-refractivity contribution in [2.24, 2.45) is 0 Å². The molecule has 0 aromatic heterocycles. The van der Waals surface area contributed by atoms with Crippen LogP contribution in [-0.2, 0) is 4.79 Å². The molecule has 5 heteroatoms. The minimum Gasteiger partial charge on any atom is -0.481 e. The van der Waals surface area contributed by atoms with Gasteiger partial charge in [0.05, 0.1) is 11.6 Å². The summed E-state index contributed by atoms with van der Waals surface area (Å²) in [5.74, 6) is 0.685. The molecular formula is C20H27N3O2. The first-order valence-corrected chi connectivity index (χ1v) is 9.37. The monoisotopic (exact) mass is 341 g/mol. The molecule has 1 aromatic rings. The molecule has 2 fully saturated rings. The van der Waals surface area contributed by atoms with Crippen LogP contribution in [0.3, 0.4) is 0 Å². The highest BCUT2D eigenvalue weighted by Crippen LogP contribution is 2.22. The smallest absolute Gasteiger partial charge is 0.263 e. The highest BCUT2D eigenvalue weighted by atomic mass is 16.5. The van der Waals surface area contributed by atoms with Crippen molar-refractivity contribution in [1.82, 2.24) is 9.80 Å². The van der Waals surface area contributed by atoms with E-state index in [4.69, 9.17) is 10.00 Å². The molecule has 5 nitrogen and oxygen atoms in total. The van der Waals surface area contributed by atoms with Crippen LogP contribution < -0.4 is 4.74 Å². The first kappa shape index (κ1) is 17.8. The molecule has 0 aliphatic carbocycles. The van der Waals surface area contributed by atoms with Gasteiger partial charge in [0.1, 0.15) is 5.75 Å². The summed E-state index contributed by atoms with van der Waals surface area (Å²) in [5.41, 5.74) is 0.589. The van der Waals surface area contributed by atoms with E-state index in [1.54, 1.807) is 31.2 Å². The van der Waals surface area contributed by atoms with E-state index in [0.717, 1.165) is 25.9 Å². The topological polar surface area (TPSA) is 56.6 Å². The number of piperidine rings is 2. The van der Waals surface area contributed by atoms with E-state index >= 15 is 0 Å². The lowest BCUT2D eigenvalue weighted by Gasteiger charge is -2.40. The van der Waals surface area contributed by atoms with Crippen molar-refractivity contribution in [3.63, 3.8) is 0 Å². The predicted molar refractivity (Wildman–Crippen MR) is 96.3 cm³/mol. The molecule has 0 bridgehead atoms. The molecule has 1 aromatic carbocycles. The van der Waals surface area contributed by atoms with Crippen molar-refractivity contribution in [3.05, 3.63) is 29.8 Å². The van der Waals surface area contributed by atoms with E-state index in [1.807, 2.05) is 4.90 Å². The van der Waals surface area contributed by atoms with Crippen LogP contribution in [-0.4, -0.2) is 54.0 Å². The molecule has 2 aliphatic rings. The second-order valence-corrected chi connectivity index (χ2v) is 7.05. The molecule has 2 aliphatic heterocycles. The third kappa shape index (κ3) is 4.52. The van der Waals surface area contributed by atoms with Gasteiger partial charge in [0.25, 0.3) is 5.91 Å². The average Bonchev–Trinajstić information content (AvgIpc) is 2.69. The first-order chi connectivity index (χ1) is 12.2. The molecule has 134 valence electrons. The molecule has 1 amide bonds. The van der Waals surface area contributed by atoms with Crippen LogP contribution in [0.5, 0.6) is 5.75 Å². The Morgan fingerprint density at radius 2 is 1.76 bits per heavy atom. The van der Waals surface area contributed by atoms with Crippen molar-refractivity contribution in [2.75, 3.05) is 26.2 Å². The normalized spacial score (nSPS) is 20.7. The Morgan fingerprint density at radius 1 is 1.12 bits per heavy atom. The van der Waals surface area contributed by atoms with Gasteiger partial charge in [0, 0.05) is 19.1 Å². The summed E-state index contributed by atoms with van der Waals surface area (Å²) >= 11 is 0. The van der Waals surface area contributed by atoms with Crippen molar-refractivity contribution in [3.8, 4) is 11.8 Å². The van der Waals surface area contributed by atoms with Gasteiger partial charge in [-0.25, -0.2) is 0 Å². The Balaban J connectivity index is 1.48. The van der Waals surface area contributed by atoms with Crippen molar-refractivity contribution < 1.29 is 9.53 Å². The highest BCUT2D eigenvalue weighted by Gasteiger charge is 2.30. The molecule has 0 unspecified atom stereocenters. The summed E-state index contributed by atoms with van der Waals surface area (Å²) in [4.78, 5) is 17.2. The number of nitrogens with zero attached hydrogens (tertiary/aromatic N) is 3. The Labute approximate surface area is 150 Å². The van der Waals surface area contributed by atoms with Gasteiger partial charge in [0.2, 0.25) is 0 Å². The first-order valence-electron chi connectivity index (χ1n) is 9.37. The third-order valence-electron chi connectivity index (χ3n) is 5.33. The SMILES string of the molecule is C[C@@H](Oc1ccc(C#N)cc1)C(=O)N1CCC(N2CCCCC2)CC1. The fourth-order valence-corrected chi connectivity index (χ4v) is 3.85. The summed E-state index contributed by atoms with van der Waals surface area (Å²) in [7, 11) is 0. The summed E-state index contributed by atoms with van der Waals surface area (Å²) in [6, 6.07) is 9.61. The van der Waals surface area contributed by atoms with Crippen LogP contribution in [0.25, 0.3) is 0 Å². The lowest BCUT2D eigenvalue weighted by Crippen LogP contribution is -2.50. The molecule has 2 heterocycles. The molecular weight excluding hydrogens is 314 g/mol. The van der Waals surface area contributed by atoms with Crippen molar-refractivity contribution in [1.29, 1.82) is 5.26 Å². The highest BCUT2D eigenvalue weighted by molar-refractivity contribution is 5.81. The number of likely N-dealkylation sites (tertiary alicyclic amines) is 2. The predicted octanol–water partition coefficient (Wildman–Crippen LogP) is 2.80. The van der Waals surface area contributed by atoms with Gasteiger partial charge < -0.3 is 14.5 Å². The minimum atomic E-state index is -0.500. The lowest BCUT2D eigenvalue weighted by molar-refractivity contribution is -0.139. The summed E-state index contributed by atoms with van der Waals surface area (Å²) in [6.45, 7) is 5.88. The Morgan fingerprint density at radius 3 is 2.36 bits per heavy atom. The molecule has 25 heavy (non-hydrogen) atoms. The molecule has 0 N–H and O–H groups in total. The van der Waals surface area contributed by atoms with Gasteiger partial charge in [-0.05, 0) is 70.0 Å². The maximum absolute atomic E-state index is 12.6. The number of nitriles is 1. The van der Waals surface area contributed by atoms with E-state index < -0.39 is 6.10 Å². The average molecular weight is 341 g/mol. The number of carbonyl (C=O) groups excluding carboxylic acids is 1. The minimum absolute atomic E-state index is 0.0569. The zero-order valence-electron chi connectivity index (χ0n) is 15.0. The molecule has 1 atom stereocenters. The zero-order chi connectivity index (χ0) is 17.6. The summed E-state index contributed by atoms with van der Waals surface area (Å²) < 4.78 is 5.76. The lowest BCUT2D eigenvalue weighted by atomic mass is 9.99. The molecule has 3 rings (SSSR count). The third-order valence-corrected chi connectivity index (χ3v) is 5.33. The van der Waals surface area contributed by atoms with Gasteiger partial charge in [0.15, 0.2) is 6.10 Å². The van der Waals surface area contributed by atoms with Crippen LogP contribution in [0.2, 0.25) is 0 Å². The maximum atomic E-state index is 12.6. The quantitative estimate of drug-likeness (QED) is 0.845. The number of ether oxygens (including phenoxy) is 1. The number of amides is 1. The Bertz CT molecular complexity index is 609. The number of hydrogen-bond acceptors (Lipinski definition) is 4. The fraction of sp³-hybridized carbons (Fsp3) is 0.600. The van der Waals surface area contributed by atoms with E-state index in [9.17, 15) is 4.79 Å². The molecule has 2 saturated heterocycles. The van der Waals surface area contributed by atoms with Gasteiger partial charge in [-0.3, -0.25) is 4.79 Å². The molecule has 0 saturated carbocycles. The second kappa shape index (κ2) is 8.35. The van der Waals surface area contributed by atoms with Crippen LogP contribution in [0.1, 0.15) is 44.6 Å². The van der Waals surface area contributed by atoms with Gasteiger partial charge >= 0.3 is 0 Å². The van der Waals surface area contributed by atoms with Crippen LogP contribution in [0.4, 0.5) is 0 Å². The van der Waals surface area contributed by atoms with Gasteiger partial charge in [-0.15, -0.1) is 0 Å². The molecule has 0 spiro atoms. The van der Waals surface area contributed by atoms with Crippen LogP contribution in [0, 0.1) is 11.3 Å². The van der Waals surface area contributed by atoms with Gasteiger partial charge in [-0.2, -0.15) is 5.26 Å². The number of benzene rings is 1. The Hall–Kier alpha value is -2.06.